The van der Waals surface area contributed by atoms with Gasteiger partial charge < -0.3 is 24.5 Å². The lowest BCUT2D eigenvalue weighted by Crippen LogP contribution is -2.48. The van der Waals surface area contributed by atoms with Crippen molar-refractivity contribution in [3.05, 3.63) is 88.3 Å². The van der Waals surface area contributed by atoms with Crippen molar-refractivity contribution in [1.29, 1.82) is 5.26 Å². The molecule has 2 aromatic heterocycles. The topological polar surface area (TPSA) is 127 Å². The smallest absolute Gasteiger partial charge is 0.254 e. The normalized spacial score (nSPS) is 17.1. The summed E-state index contributed by atoms with van der Waals surface area (Å²) >= 11 is 0. The summed E-state index contributed by atoms with van der Waals surface area (Å²) in [7, 11) is 0. The summed E-state index contributed by atoms with van der Waals surface area (Å²) < 4.78 is 13.4. The number of nitrogens with two attached hydrogens (primary N) is 1. The van der Waals surface area contributed by atoms with Gasteiger partial charge in [-0.05, 0) is 81.3 Å². The molecule has 9 nitrogen and oxygen atoms in total. The predicted molar refractivity (Wildman–Crippen MR) is 159 cm³/mol. The number of aryl methyl sites for hydroxylation is 2. The van der Waals surface area contributed by atoms with E-state index in [1.54, 1.807) is 18.2 Å². The number of carbonyl (C=O) groups is 2. The van der Waals surface area contributed by atoms with Crippen LogP contribution in [0.2, 0.25) is 0 Å². The molecule has 0 saturated carbocycles. The average molecular weight is 562 g/mol. The summed E-state index contributed by atoms with van der Waals surface area (Å²) in [4.78, 5) is 28.5. The van der Waals surface area contributed by atoms with Crippen molar-refractivity contribution in [3.8, 4) is 17.2 Å². The maximum absolute atomic E-state index is 13.7. The second-order valence-electron chi connectivity index (χ2n) is 11.1. The molecule has 6 rings (SSSR count). The number of ether oxygens (including phenoxy) is 1. The van der Waals surface area contributed by atoms with Crippen LogP contribution in [0.3, 0.4) is 0 Å². The van der Waals surface area contributed by atoms with Crippen LogP contribution < -0.4 is 5.73 Å². The van der Waals surface area contributed by atoms with E-state index in [2.05, 4.69) is 15.8 Å². The molecule has 1 saturated heterocycles. The van der Waals surface area contributed by atoms with Gasteiger partial charge in [-0.15, -0.1) is 0 Å². The largest absolute Gasteiger partial charge is 0.372 e. The van der Waals surface area contributed by atoms with Crippen LogP contribution in [-0.2, 0) is 11.3 Å². The van der Waals surface area contributed by atoms with Crippen molar-refractivity contribution < 1.29 is 18.8 Å². The van der Waals surface area contributed by atoms with Crippen molar-refractivity contribution in [3.63, 3.8) is 0 Å². The van der Waals surface area contributed by atoms with Crippen LogP contribution >= 0.6 is 0 Å². The molecule has 0 unspecified atom stereocenters. The van der Waals surface area contributed by atoms with Crippen LogP contribution in [0.25, 0.3) is 32.9 Å². The minimum absolute atomic E-state index is 0.0556. The van der Waals surface area contributed by atoms with Gasteiger partial charge in [-0.3, -0.25) is 9.59 Å². The SMILES string of the molecule is Cc1noc(C)c1-c1cc(C(N)=O)c2c3cc(C(=O)N4C[C@@H](C)O[C@@H](C)C4)ccc3n(Cc3ccc(C#N)cc3)c2c1. The fourth-order valence-electron chi connectivity index (χ4n) is 6.15. The van der Waals surface area contributed by atoms with Gasteiger partial charge >= 0.3 is 0 Å². The second kappa shape index (κ2) is 10.5. The molecule has 1 aliphatic rings. The molecule has 0 spiro atoms. The third-order valence-electron chi connectivity index (χ3n) is 7.93. The number of aromatic nitrogens is 2. The lowest BCUT2D eigenvalue weighted by atomic mass is 9.97. The van der Waals surface area contributed by atoms with Gasteiger partial charge in [-0.1, -0.05) is 17.3 Å². The molecule has 0 bridgehead atoms. The number of rotatable bonds is 5. The summed E-state index contributed by atoms with van der Waals surface area (Å²) in [5, 5.41) is 14.8. The van der Waals surface area contributed by atoms with Crippen LogP contribution in [0.1, 0.15) is 57.1 Å². The molecule has 2 amide bonds. The third-order valence-corrected chi connectivity index (χ3v) is 7.93. The van der Waals surface area contributed by atoms with Gasteiger partial charge in [-0.2, -0.15) is 5.26 Å². The molecular formula is C33H31N5O4. The Bertz CT molecular complexity index is 1880. The summed E-state index contributed by atoms with van der Waals surface area (Å²) in [6.45, 7) is 9.11. The Kier molecular flexibility index (Phi) is 6.79. The molecular weight excluding hydrogens is 530 g/mol. The molecule has 42 heavy (non-hydrogen) atoms. The van der Waals surface area contributed by atoms with Crippen molar-refractivity contribution in [2.24, 2.45) is 5.73 Å². The van der Waals surface area contributed by atoms with Crippen LogP contribution in [0.5, 0.6) is 0 Å². The van der Waals surface area contributed by atoms with E-state index < -0.39 is 5.91 Å². The molecule has 2 atom stereocenters. The number of primary amides is 1. The molecule has 2 N–H and O–H groups in total. The summed E-state index contributed by atoms with van der Waals surface area (Å²) in [5.74, 6) is -0.0164. The van der Waals surface area contributed by atoms with E-state index in [0.717, 1.165) is 33.1 Å². The van der Waals surface area contributed by atoms with E-state index in [4.69, 9.17) is 15.0 Å². The molecule has 9 heteroatoms. The molecule has 1 aliphatic heterocycles. The Hall–Kier alpha value is -4.94. The standard InChI is InChI=1S/C33H31N5O4/c1-18-15-37(16-19(2)41-18)33(40)24-9-10-28-26(11-24)31-27(32(35)39)12-25(30-20(3)36-42-21(30)4)13-29(31)38(28)17-23-7-5-22(14-34)6-8-23/h5-13,18-19H,15-17H2,1-4H3,(H2,35,39)/t18-,19+. The number of amides is 2. The maximum Gasteiger partial charge on any atom is 0.254 e. The van der Waals surface area contributed by atoms with Crippen molar-refractivity contribution in [1.82, 2.24) is 14.6 Å². The average Bonchev–Trinajstić information content (AvgIpc) is 3.47. The van der Waals surface area contributed by atoms with E-state index in [9.17, 15) is 14.9 Å². The minimum Gasteiger partial charge on any atom is -0.372 e. The minimum atomic E-state index is -0.571. The van der Waals surface area contributed by atoms with Gasteiger partial charge in [0.2, 0.25) is 5.91 Å². The Morgan fingerprint density at radius 3 is 2.36 bits per heavy atom. The Morgan fingerprint density at radius 1 is 1.02 bits per heavy atom. The third kappa shape index (κ3) is 4.70. The highest BCUT2D eigenvalue weighted by Gasteiger charge is 2.28. The van der Waals surface area contributed by atoms with E-state index in [0.29, 0.717) is 53.2 Å². The summed E-state index contributed by atoms with van der Waals surface area (Å²) in [6.07, 6.45) is -0.111. The van der Waals surface area contributed by atoms with E-state index in [1.165, 1.54) is 0 Å². The van der Waals surface area contributed by atoms with Crippen LogP contribution in [0.15, 0.2) is 59.1 Å². The van der Waals surface area contributed by atoms with Crippen LogP contribution in [0, 0.1) is 25.2 Å². The van der Waals surface area contributed by atoms with Gasteiger partial charge in [0.1, 0.15) is 5.76 Å². The summed E-state index contributed by atoms with van der Waals surface area (Å²) in [5.41, 5.74) is 12.4. The van der Waals surface area contributed by atoms with Gasteiger partial charge in [0.15, 0.2) is 0 Å². The zero-order valence-corrected chi connectivity index (χ0v) is 24.0. The van der Waals surface area contributed by atoms with Gasteiger partial charge in [0.25, 0.3) is 5.91 Å². The number of benzene rings is 3. The lowest BCUT2D eigenvalue weighted by molar-refractivity contribution is -0.0586. The van der Waals surface area contributed by atoms with Crippen molar-refractivity contribution >= 4 is 33.6 Å². The van der Waals surface area contributed by atoms with Crippen molar-refractivity contribution in [2.45, 2.75) is 46.4 Å². The zero-order chi connectivity index (χ0) is 29.7. The Labute approximate surface area is 243 Å². The van der Waals surface area contributed by atoms with E-state index in [1.807, 2.05) is 69.0 Å². The Morgan fingerprint density at radius 2 is 1.74 bits per heavy atom. The fourth-order valence-corrected chi connectivity index (χ4v) is 6.15. The molecule has 212 valence electrons. The quantitative estimate of drug-likeness (QED) is 0.309. The number of hydrogen-bond acceptors (Lipinski definition) is 6. The highest BCUT2D eigenvalue weighted by atomic mass is 16.5. The molecule has 5 aromatic rings. The molecule has 3 aromatic carbocycles. The number of carbonyl (C=O) groups excluding carboxylic acids is 2. The van der Waals surface area contributed by atoms with Gasteiger partial charge in [-0.25, -0.2) is 0 Å². The first kappa shape index (κ1) is 27.2. The number of fused-ring (bicyclic) bond motifs is 3. The number of morpholine rings is 1. The monoisotopic (exact) mass is 561 g/mol. The second-order valence-corrected chi connectivity index (χ2v) is 11.1. The van der Waals surface area contributed by atoms with E-state index >= 15 is 0 Å². The maximum atomic E-state index is 13.7. The number of nitrogens with zero attached hydrogens (tertiary/aromatic N) is 4. The van der Waals surface area contributed by atoms with E-state index in [-0.39, 0.29) is 18.1 Å². The first-order chi connectivity index (χ1) is 20.1. The predicted octanol–water partition coefficient (Wildman–Crippen LogP) is 5.33. The number of nitriles is 1. The molecule has 0 aliphatic carbocycles. The highest BCUT2D eigenvalue weighted by molar-refractivity contribution is 6.20. The molecule has 1 fully saturated rings. The summed E-state index contributed by atoms with van der Waals surface area (Å²) in [6, 6.07) is 19.0. The lowest BCUT2D eigenvalue weighted by Gasteiger charge is -2.35. The first-order valence-corrected chi connectivity index (χ1v) is 13.9. The van der Waals surface area contributed by atoms with Crippen LogP contribution in [-0.4, -0.2) is 51.7 Å². The molecule has 0 radical (unpaired) electrons. The fraction of sp³-hybridized carbons (Fsp3) is 0.273. The Balaban J connectivity index is 1.59. The van der Waals surface area contributed by atoms with Crippen LogP contribution in [0.4, 0.5) is 0 Å². The van der Waals surface area contributed by atoms with Crippen molar-refractivity contribution in [2.75, 3.05) is 13.1 Å². The zero-order valence-electron chi connectivity index (χ0n) is 24.0. The molecule has 3 heterocycles. The first-order valence-electron chi connectivity index (χ1n) is 13.9. The van der Waals surface area contributed by atoms with Gasteiger partial charge in [0.05, 0.1) is 35.1 Å². The number of hydrogen-bond donors (Lipinski definition) is 1. The van der Waals surface area contributed by atoms with Gasteiger partial charge in [0, 0.05) is 52.6 Å². The highest BCUT2D eigenvalue weighted by Crippen LogP contribution is 2.38.